The summed E-state index contributed by atoms with van der Waals surface area (Å²) in [7, 11) is 2.03. The van der Waals surface area contributed by atoms with Gasteiger partial charge in [0.15, 0.2) is 11.4 Å². The molecule has 1 aliphatic rings. The predicted octanol–water partition coefficient (Wildman–Crippen LogP) is 0.558. The molecule has 2 aromatic rings. The Morgan fingerprint density at radius 3 is 3.36 bits per heavy atom. The van der Waals surface area contributed by atoms with Crippen LogP contribution in [0.4, 0.5) is 5.69 Å². The van der Waals surface area contributed by atoms with Gasteiger partial charge in [-0.1, -0.05) is 0 Å². The highest BCUT2D eigenvalue weighted by molar-refractivity contribution is 5.70. The van der Waals surface area contributed by atoms with Crippen LogP contribution in [-0.4, -0.2) is 34.8 Å². The molecule has 5 heteroatoms. The van der Waals surface area contributed by atoms with Gasteiger partial charge >= 0.3 is 0 Å². The maximum absolute atomic E-state index is 5.60. The Morgan fingerprint density at radius 2 is 2.43 bits per heavy atom. The van der Waals surface area contributed by atoms with Crippen LogP contribution in [0, 0.1) is 0 Å². The second kappa shape index (κ2) is 2.60. The van der Waals surface area contributed by atoms with Crippen LogP contribution in [0.5, 0.6) is 5.75 Å². The van der Waals surface area contributed by atoms with Crippen molar-refractivity contribution in [2.45, 2.75) is 0 Å². The van der Waals surface area contributed by atoms with Crippen molar-refractivity contribution in [1.29, 1.82) is 0 Å². The molecule has 0 bridgehead atoms. The van der Waals surface area contributed by atoms with Crippen LogP contribution in [0.15, 0.2) is 18.6 Å². The Bertz CT molecular complexity index is 479. The molecule has 3 rings (SSSR count). The molecule has 14 heavy (non-hydrogen) atoms. The first-order chi connectivity index (χ1) is 6.86. The van der Waals surface area contributed by atoms with Crippen LogP contribution in [0.3, 0.4) is 0 Å². The molecule has 0 saturated carbocycles. The second-order valence-electron chi connectivity index (χ2n) is 3.32. The van der Waals surface area contributed by atoms with E-state index in [1.54, 1.807) is 10.7 Å². The molecule has 0 spiro atoms. The summed E-state index contributed by atoms with van der Waals surface area (Å²) in [5.41, 5.74) is 1.80. The molecule has 0 fully saturated rings. The van der Waals surface area contributed by atoms with E-state index < -0.39 is 0 Å². The van der Waals surface area contributed by atoms with Crippen LogP contribution in [0.25, 0.3) is 5.65 Å². The number of ether oxygens (including phenoxy) is 1. The van der Waals surface area contributed by atoms with E-state index in [0.717, 1.165) is 23.6 Å². The highest BCUT2D eigenvalue weighted by atomic mass is 16.5. The lowest BCUT2D eigenvalue weighted by Gasteiger charge is -2.26. The Balaban J connectivity index is 2.32. The van der Waals surface area contributed by atoms with Crippen molar-refractivity contribution >= 4 is 11.3 Å². The molecule has 0 N–H and O–H groups in total. The molecule has 0 saturated heterocycles. The normalized spacial score (nSPS) is 15.4. The lowest BCUT2D eigenvalue weighted by molar-refractivity contribution is 0.312. The van der Waals surface area contributed by atoms with Gasteiger partial charge in [-0.25, -0.2) is 9.50 Å². The first-order valence-electron chi connectivity index (χ1n) is 4.52. The van der Waals surface area contributed by atoms with Gasteiger partial charge in [0.05, 0.1) is 12.7 Å². The van der Waals surface area contributed by atoms with Crippen molar-refractivity contribution in [2.24, 2.45) is 0 Å². The minimum absolute atomic E-state index is 0.704. The average Bonchev–Trinajstić information content (AvgIpc) is 2.66. The Labute approximate surface area is 80.9 Å². The van der Waals surface area contributed by atoms with Crippen LogP contribution >= 0.6 is 0 Å². The SMILES string of the molecule is CN1CCOc2c1cnn1ccnc21. The number of anilines is 1. The van der Waals surface area contributed by atoms with E-state index in [9.17, 15) is 0 Å². The zero-order valence-corrected chi connectivity index (χ0v) is 7.84. The molecular weight excluding hydrogens is 180 g/mol. The Hall–Kier alpha value is -1.78. The first-order valence-corrected chi connectivity index (χ1v) is 4.52. The van der Waals surface area contributed by atoms with E-state index in [1.165, 1.54) is 0 Å². The summed E-state index contributed by atoms with van der Waals surface area (Å²) in [5, 5.41) is 4.24. The summed E-state index contributed by atoms with van der Waals surface area (Å²) < 4.78 is 7.32. The van der Waals surface area contributed by atoms with Gasteiger partial charge in [0.2, 0.25) is 0 Å². The molecule has 0 aromatic carbocycles. The average molecular weight is 190 g/mol. The topological polar surface area (TPSA) is 42.7 Å². The zero-order chi connectivity index (χ0) is 9.54. The minimum Gasteiger partial charge on any atom is -0.486 e. The molecule has 0 radical (unpaired) electrons. The summed E-state index contributed by atoms with van der Waals surface area (Å²) in [6.07, 6.45) is 5.34. The number of hydrogen-bond acceptors (Lipinski definition) is 4. The lowest BCUT2D eigenvalue weighted by atomic mass is 10.3. The molecule has 0 amide bonds. The maximum Gasteiger partial charge on any atom is 0.198 e. The van der Waals surface area contributed by atoms with Gasteiger partial charge < -0.3 is 9.64 Å². The van der Waals surface area contributed by atoms with E-state index in [0.29, 0.717) is 6.61 Å². The summed E-state index contributed by atoms with van der Waals surface area (Å²) in [4.78, 5) is 6.34. The summed E-state index contributed by atoms with van der Waals surface area (Å²) >= 11 is 0. The molecule has 0 atom stereocenters. The molecule has 5 nitrogen and oxygen atoms in total. The summed E-state index contributed by atoms with van der Waals surface area (Å²) in [6, 6.07) is 0. The highest BCUT2D eigenvalue weighted by Gasteiger charge is 2.19. The number of hydrogen-bond donors (Lipinski definition) is 0. The molecular formula is C9H10N4O. The smallest absolute Gasteiger partial charge is 0.198 e. The van der Waals surface area contributed by atoms with Crippen LogP contribution in [0.1, 0.15) is 0 Å². The van der Waals surface area contributed by atoms with E-state index in [-0.39, 0.29) is 0 Å². The van der Waals surface area contributed by atoms with Crippen molar-refractivity contribution in [3.63, 3.8) is 0 Å². The van der Waals surface area contributed by atoms with Crippen LogP contribution < -0.4 is 9.64 Å². The largest absolute Gasteiger partial charge is 0.486 e. The van der Waals surface area contributed by atoms with Gasteiger partial charge in [-0.3, -0.25) is 0 Å². The van der Waals surface area contributed by atoms with Crippen LogP contribution in [-0.2, 0) is 0 Å². The van der Waals surface area contributed by atoms with Crippen molar-refractivity contribution < 1.29 is 4.74 Å². The molecule has 1 aliphatic heterocycles. The van der Waals surface area contributed by atoms with Gasteiger partial charge in [0.1, 0.15) is 12.3 Å². The fraction of sp³-hybridized carbons (Fsp3) is 0.333. The Kier molecular flexibility index (Phi) is 1.41. The minimum atomic E-state index is 0.704. The number of aromatic nitrogens is 3. The monoisotopic (exact) mass is 190 g/mol. The quantitative estimate of drug-likeness (QED) is 0.608. The van der Waals surface area contributed by atoms with E-state index in [1.807, 2.05) is 19.4 Å². The highest BCUT2D eigenvalue weighted by Crippen LogP contribution is 2.32. The van der Waals surface area contributed by atoms with Crippen molar-refractivity contribution in [2.75, 3.05) is 25.1 Å². The standard InChI is InChI=1S/C9H10N4O/c1-12-4-5-14-8-7(12)6-11-13-3-2-10-9(8)13/h2-3,6H,4-5H2,1H3. The van der Waals surface area contributed by atoms with Gasteiger partial charge in [-0.2, -0.15) is 5.10 Å². The summed E-state index contributed by atoms with van der Waals surface area (Å²) in [6.45, 7) is 1.60. The molecule has 72 valence electrons. The summed E-state index contributed by atoms with van der Waals surface area (Å²) in [5.74, 6) is 0.832. The van der Waals surface area contributed by atoms with Crippen molar-refractivity contribution in [3.05, 3.63) is 18.6 Å². The van der Waals surface area contributed by atoms with Crippen molar-refractivity contribution in [1.82, 2.24) is 14.6 Å². The number of nitrogens with zero attached hydrogens (tertiary/aromatic N) is 4. The lowest BCUT2D eigenvalue weighted by Crippen LogP contribution is -2.29. The van der Waals surface area contributed by atoms with Gasteiger partial charge in [-0.05, 0) is 0 Å². The van der Waals surface area contributed by atoms with E-state index in [4.69, 9.17) is 4.74 Å². The fourth-order valence-electron chi connectivity index (χ4n) is 1.66. The van der Waals surface area contributed by atoms with E-state index in [2.05, 4.69) is 15.0 Å². The number of likely N-dealkylation sites (N-methyl/N-ethyl adjacent to an activating group) is 1. The van der Waals surface area contributed by atoms with Gasteiger partial charge in [-0.15, -0.1) is 0 Å². The molecule has 2 aromatic heterocycles. The molecule has 3 heterocycles. The number of rotatable bonds is 0. The third-order valence-electron chi connectivity index (χ3n) is 2.45. The predicted molar refractivity (Wildman–Crippen MR) is 51.8 cm³/mol. The van der Waals surface area contributed by atoms with Gasteiger partial charge in [0, 0.05) is 19.4 Å². The number of fused-ring (bicyclic) bond motifs is 3. The first kappa shape index (κ1) is 7.61. The van der Waals surface area contributed by atoms with Gasteiger partial charge in [0.25, 0.3) is 0 Å². The number of imidazole rings is 1. The van der Waals surface area contributed by atoms with Crippen LogP contribution in [0.2, 0.25) is 0 Å². The second-order valence-corrected chi connectivity index (χ2v) is 3.32. The molecule has 0 aliphatic carbocycles. The Morgan fingerprint density at radius 1 is 1.50 bits per heavy atom. The fourth-order valence-corrected chi connectivity index (χ4v) is 1.66. The maximum atomic E-state index is 5.60. The third kappa shape index (κ3) is 0.891. The third-order valence-corrected chi connectivity index (χ3v) is 2.45. The zero-order valence-electron chi connectivity index (χ0n) is 7.84. The van der Waals surface area contributed by atoms with E-state index >= 15 is 0 Å². The van der Waals surface area contributed by atoms with Crippen molar-refractivity contribution in [3.8, 4) is 5.75 Å². The molecule has 0 unspecified atom stereocenters.